The molecular weight excluding hydrogens is 431 g/mol. The van der Waals surface area contributed by atoms with Crippen LogP contribution in [-0.2, 0) is 0 Å². The smallest absolute Gasteiger partial charge is 0.279 e. The third kappa shape index (κ3) is 3.69. The Labute approximate surface area is 176 Å². The van der Waals surface area contributed by atoms with Crippen LogP contribution in [0.25, 0.3) is 16.2 Å². The molecule has 0 spiro atoms. The number of benzene rings is 2. The highest BCUT2D eigenvalue weighted by atomic mass is 32.1. The quantitative estimate of drug-likeness (QED) is 0.363. The third-order valence-electron chi connectivity index (χ3n) is 4.46. The lowest BCUT2D eigenvalue weighted by Crippen LogP contribution is -2.16. The SMILES string of the molecule is Cc1c(C(=O)Nc2nc3scc(-c4ccc(F)cc4)n3n2)cc([N+](=O)[O-])cc1[N+](=O)[O-]. The van der Waals surface area contributed by atoms with E-state index in [0.717, 1.165) is 12.1 Å². The summed E-state index contributed by atoms with van der Waals surface area (Å²) in [6, 6.07) is 7.50. The molecule has 156 valence electrons. The van der Waals surface area contributed by atoms with E-state index in [9.17, 15) is 29.4 Å². The first kappa shape index (κ1) is 20.0. The molecule has 0 unspecified atom stereocenters. The Morgan fingerprint density at radius 1 is 1.16 bits per heavy atom. The number of nitrogens with one attached hydrogen (secondary N) is 1. The van der Waals surface area contributed by atoms with E-state index in [1.807, 2.05) is 0 Å². The summed E-state index contributed by atoms with van der Waals surface area (Å²) in [5, 5.41) is 30.7. The molecule has 1 amide bonds. The van der Waals surface area contributed by atoms with Gasteiger partial charge in [0.15, 0.2) is 0 Å². The van der Waals surface area contributed by atoms with E-state index in [-0.39, 0.29) is 22.9 Å². The number of nitro groups is 2. The highest BCUT2D eigenvalue weighted by molar-refractivity contribution is 7.15. The molecule has 31 heavy (non-hydrogen) atoms. The lowest BCUT2D eigenvalue weighted by molar-refractivity contribution is -0.394. The highest BCUT2D eigenvalue weighted by Crippen LogP contribution is 2.29. The van der Waals surface area contributed by atoms with Gasteiger partial charge in [-0.15, -0.1) is 16.4 Å². The standard InChI is InChI=1S/C18H11FN6O5S/c1-9-13(6-12(24(27)28)7-14(9)25(29)30)16(26)20-17-21-18-23(22-17)15(8-31-18)10-2-4-11(19)5-3-10/h2-8H,1H3,(H,20,22,26). The average molecular weight is 442 g/mol. The van der Waals surface area contributed by atoms with Gasteiger partial charge in [-0.3, -0.25) is 30.3 Å². The minimum Gasteiger partial charge on any atom is -0.289 e. The zero-order valence-electron chi connectivity index (χ0n) is 15.6. The molecule has 2 aromatic heterocycles. The van der Waals surface area contributed by atoms with E-state index in [4.69, 9.17) is 0 Å². The zero-order valence-corrected chi connectivity index (χ0v) is 16.4. The number of hydrogen-bond donors (Lipinski definition) is 1. The van der Waals surface area contributed by atoms with Gasteiger partial charge in [0.2, 0.25) is 4.96 Å². The van der Waals surface area contributed by atoms with Crippen molar-refractivity contribution < 1.29 is 19.0 Å². The molecule has 13 heteroatoms. The first-order valence-corrected chi connectivity index (χ1v) is 9.47. The Morgan fingerprint density at radius 3 is 2.52 bits per heavy atom. The molecule has 0 bridgehead atoms. The molecule has 2 aromatic carbocycles. The number of hydrogen-bond acceptors (Lipinski definition) is 8. The van der Waals surface area contributed by atoms with Crippen molar-refractivity contribution in [2.24, 2.45) is 0 Å². The molecule has 0 radical (unpaired) electrons. The van der Waals surface area contributed by atoms with E-state index in [2.05, 4.69) is 15.4 Å². The molecule has 4 aromatic rings. The van der Waals surface area contributed by atoms with Gasteiger partial charge in [-0.1, -0.05) is 0 Å². The summed E-state index contributed by atoms with van der Waals surface area (Å²) in [5.74, 6) is -1.30. The first-order valence-electron chi connectivity index (χ1n) is 8.59. The topological polar surface area (TPSA) is 146 Å². The molecule has 11 nitrogen and oxygen atoms in total. The van der Waals surface area contributed by atoms with Crippen molar-refractivity contribution in [1.29, 1.82) is 0 Å². The van der Waals surface area contributed by atoms with E-state index < -0.39 is 27.1 Å². The van der Waals surface area contributed by atoms with E-state index in [1.54, 1.807) is 17.5 Å². The third-order valence-corrected chi connectivity index (χ3v) is 5.28. The maximum Gasteiger partial charge on any atom is 0.279 e. The minimum absolute atomic E-state index is 0.0267. The number of nitro benzene ring substituents is 2. The van der Waals surface area contributed by atoms with Crippen LogP contribution >= 0.6 is 11.3 Å². The summed E-state index contributed by atoms with van der Waals surface area (Å²) in [5.41, 5.74) is -0.0914. The molecule has 2 heterocycles. The fraction of sp³-hybridized carbons (Fsp3) is 0.0556. The monoisotopic (exact) mass is 442 g/mol. The molecular formula is C18H11FN6O5S. The van der Waals surface area contributed by atoms with Crippen LogP contribution in [-0.4, -0.2) is 30.4 Å². The van der Waals surface area contributed by atoms with Gasteiger partial charge < -0.3 is 0 Å². The Kier molecular flexibility index (Phi) is 4.87. The van der Waals surface area contributed by atoms with Crippen LogP contribution in [0.2, 0.25) is 0 Å². The lowest BCUT2D eigenvalue weighted by atomic mass is 10.0. The summed E-state index contributed by atoms with van der Waals surface area (Å²) in [7, 11) is 0. The zero-order chi connectivity index (χ0) is 22.3. The van der Waals surface area contributed by atoms with Crippen LogP contribution in [0, 0.1) is 33.0 Å². The molecule has 0 aliphatic heterocycles. The van der Waals surface area contributed by atoms with Crippen molar-refractivity contribution >= 4 is 39.5 Å². The molecule has 0 saturated carbocycles. The van der Waals surface area contributed by atoms with Crippen molar-refractivity contribution in [2.45, 2.75) is 6.92 Å². The second-order valence-electron chi connectivity index (χ2n) is 6.36. The minimum atomic E-state index is -0.828. The normalized spacial score (nSPS) is 10.9. The van der Waals surface area contributed by atoms with Gasteiger partial charge >= 0.3 is 0 Å². The number of carbonyl (C=O) groups excluding carboxylic acids is 1. The molecule has 4 rings (SSSR count). The fourth-order valence-electron chi connectivity index (χ4n) is 2.94. The number of fused-ring (bicyclic) bond motifs is 1. The number of anilines is 1. The number of nitrogens with zero attached hydrogens (tertiary/aromatic N) is 5. The second-order valence-corrected chi connectivity index (χ2v) is 7.20. The van der Waals surface area contributed by atoms with Gasteiger partial charge in [0.1, 0.15) is 5.82 Å². The van der Waals surface area contributed by atoms with Crippen molar-refractivity contribution in [3.63, 3.8) is 0 Å². The molecule has 1 N–H and O–H groups in total. The molecule has 0 saturated heterocycles. The number of carbonyl (C=O) groups is 1. The average Bonchev–Trinajstić information content (AvgIpc) is 3.28. The Balaban J connectivity index is 1.68. The predicted molar refractivity (Wildman–Crippen MR) is 109 cm³/mol. The van der Waals surface area contributed by atoms with Gasteiger partial charge in [-0.2, -0.15) is 4.98 Å². The predicted octanol–water partition coefficient (Wildman–Crippen LogP) is 3.97. The number of non-ortho nitro benzene ring substituents is 1. The van der Waals surface area contributed by atoms with E-state index in [0.29, 0.717) is 16.2 Å². The Morgan fingerprint density at radius 2 is 1.87 bits per heavy atom. The van der Waals surface area contributed by atoms with Crippen LogP contribution in [0.1, 0.15) is 15.9 Å². The Bertz CT molecular complexity index is 1360. The van der Waals surface area contributed by atoms with Gasteiger partial charge in [-0.05, 0) is 31.2 Å². The molecule has 0 aliphatic rings. The lowest BCUT2D eigenvalue weighted by Gasteiger charge is -2.06. The van der Waals surface area contributed by atoms with Crippen LogP contribution < -0.4 is 5.32 Å². The van der Waals surface area contributed by atoms with Crippen molar-refractivity contribution in [1.82, 2.24) is 14.6 Å². The van der Waals surface area contributed by atoms with Gasteiger partial charge in [0.25, 0.3) is 23.2 Å². The summed E-state index contributed by atoms with van der Waals surface area (Å²) in [6.07, 6.45) is 0. The summed E-state index contributed by atoms with van der Waals surface area (Å²) < 4.78 is 14.6. The van der Waals surface area contributed by atoms with Crippen molar-refractivity contribution in [3.05, 3.63) is 79.0 Å². The number of thiazole rings is 1. The molecule has 0 aliphatic carbocycles. The summed E-state index contributed by atoms with van der Waals surface area (Å²) >= 11 is 1.24. The maximum absolute atomic E-state index is 13.2. The van der Waals surface area contributed by atoms with E-state index in [1.165, 1.54) is 34.9 Å². The maximum atomic E-state index is 13.2. The highest BCUT2D eigenvalue weighted by Gasteiger charge is 2.25. The Hall–Kier alpha value is -4.26. The number of aromatic nitrogens is 3. The van der Waals surface area contributed by atoms with Gasteiger partial charge in [0, 0.05) is 22.6 Å². The van der Waals surface area contributed by atoms with Crippen LogP contribution in [0.15, 0.2) is 41.8 Å². The second kappa shape index (κ2) is 7.53. The van der Waals surface area contributed by atoms with E-state index >= 15 is 0 Å². The molecule has 0 atom stereocenters. The van der Waals surface area contributed by atoms with Crippen LogP contribution in [0.5, 0.6) is 0 Å². The van der Waals surface area contributed by atoms with Crippen LogP contribution in [0.4, 0.5) is 21.7 Å². The van der Waals surface area contributed by atoms with Crippen LogP contribution in [0.3, 0.4) is 0 Å². The van der Waals surface area contributed by atoms with Gasteiger partial charge in [0.05, 0.1) is 27.2 Å². The number of amides is 1. The number of rotatable bonds is 5. The fourth-order valence-corrected chi connectivity index (χ4v) is 3.77. The summed E-state index contributed by atoms with van der Waals surface area (Å²) in [6.45, 7) is 1.32. The van der Waals surface area contributed by atoms with Gasteiger partial charge in [-0.25, -0.2) is 8.91 Å². The molecule has 0 fully saturated rings. The van der Waals surface area contributed by atoms with Crippen molar-refractivity contribution in [3.8, 4) is 11.3 Å². The largest absolute Gasteiger partial charge is 0.289 e. The number of halogens is 1. The van der Waals surface area contributed by atoms with Crippen molar-refractivity contribution in [2.75, 3.05) is 5.32 Å². The first-order chi connectivity index (χ1) is 14.7. The summed E-state index contributed by atoms with van der Waals surface area (Å²) in [4.78, 5) is 38.0.